The lowest BCUT2D eigenvalue weighted by atomic mass is 9.99. The molecule has 0 radical (unpaired) electrons. The monoisotopic (exact) mass is 987 g/mol. The molecule has 0 saturated carbocycles. The van der Waals surface area contributed by atoms with E-state index < -0.39 is 59.8 Å². The molecule has 1 rings (SSSR count). The van der Waals surface area contributed by atoms with Gasteiger partial charge in [-0.3, -0.25) is 9.35 Å². The Morgan fingerprint density at radius 3 is 1.41 bits per heavy atom. The lowest BCUT2D eigenvalue weighted by molar-refractivity contribution is -0.301. The van der Waals surface area contributed by atoms with Crippen LogP contribution in [0.1, 0.15) is 245 Å². The van der Waals surface area contributed by atoms with Crippen LogP contribution in [0.5, 0.6) is 0 Å². The van der Waals surface area contributed by atoms with Crippen LogP contribution in [-0.4, -0.2) is 97.5 Å². The molecule has 1 heterocycles. The summed E-state index contributed by atoms with van der Waals surface area (Å²) < 4.78 is 59.4. The highest BCUT2D eigenvalue weighted by atomic mass is 32.3. The number of unbranched alkanes of at least 4 members (excludes halogenated alkanes) is 30. The maximum Gasteiger partial charge on any atom is 0.397 e. The summed E-state index contributed by atoms with van der Waals surface area (Å²) >= 11 is 0. The molecule has 0 bridgehead atoms. The van der Waals surface area contributed by atoms with Crippen molar-refractivity contribution in [2.24, 2.45) is 0 Å². The summed E-state index contributed by atoms with van der Waals surface area (Å²) in [5.74, 6) is -0.398. The Morgan fingerprint density at radius 1 is 0.559 bits per heavy atom. The molecule has 4 N–H and O–H groups in total. The lowest BCUT2D eigenvalue weighted by Crippen LogP contribution is -2.60. The molecular formula is C55H102O12S. The number of hydrogen-bond acceptors (Lipinski definition) is 11. The molecule has 0 aromatic carbocycles. The minimum atomic E-state index is -5.07. The first-order valence-electron chi connectivity index (χ1n) is 27.7. The van der Waals surface area contributed by atoms with Crippen LogP contribution in [-0.2, 0) is 38.3 Å². The minimum absolute atomic E-state index is 0.0321. The normalized spacial score (nSPS) is 19.5. The van der Waals surface area contributed by atoms with Crippen LogP contribution < -0.4 is 0 Å². The third-order valence-electron chi connectivity index (χ3n) is 12.8. The third-order valence-corrected chi connectivity index (χ3v) is 13.2. The van der Waals surface area contributed by atoms with E-state index in [1.165, 1.54) is 161 Å². The average molecular weight is 987 g/mol. The van der Waals surface area contributed by atoms with Gasteiger partial charge >= 0.3 is 16.4 Å². The van der Waals surface area contributed by atoms with Crippen LogP contribution in [0.15, 0.2) is 36.5 Å². The molecule has 1 aliphatic heterocycles. The molecule has 0 aromatic rings. The molecule has 0 aliphatic carbocycles. The number of esters is 1. The molecule has 0 amide bonds. The first-order chi connectivity index (χ1) is 33.1. The number of ether oxygens (including phenoxy) is 4. The highest BCUT2D eigenvalue weighted by Gasteiger charge is 2.48. The van der Waals surface area contributed by atoms with Crippen LogP contribution in [0.3, 0.4) is 0 Å². The molecule has 1 aliphatic rings. The second-order valence-electron chi connectivity index (χ2n) is 19.2. The smallest absolute Gasteiger partial charge is 0.397 e. The number of rotatable bonds is 49. The summed E-state index contributed by atoms with van der Waals surface area (Å²) in [6.07, 6.45) is 47.5. The first-order valence-corrected chi connectivity index (χ1v) is 29.1. The van der Waals surface area contributed by atoms with Crippen molar-refractivity contribution in [1.29, 1.82) is 0 Å². The molecular weight excluding hydrogens is 885 g/mol. The Morgan fingerprint density at radius 2 is 0.971 bits per heavy atom. The summed E-state index contributed by atoms with van der Waals surface area (Å²) in [7, 11) is -5.07. The Hall–Kier alpha value is -1.68. The van der Waals surface area contributed by atoms with E-state index in [0.717, 1.165) is 57.8 Å². The van der Waals surface area contributed by atoms with Crippen molar-refractivity contribution >= 4 is 16.4 Å². The number of allylic oxidation sites excluding steroid dienone is 6. The molecule has 0 aromatic heterocycles. The Labute approximate surface area is 415 Å². The lowest BCUT2D eigenvalue weighted by Gasteiger charge is -2.41. The van der Waals surface area contributed by atoms with E-state index in [-0.39, 0.29) is 19.6 Å². The van der Waals surface area contributed by atoms with E-state index in [0.29, 0.717) is 13.0 Å². The van der Waals surface area contributed by atoms with Gasteiger partial charge in [-0.25, -0.2) is 4.18 Å². The van der Waals surface area contributed by atoms with Crippen LogP contribution in [0.2, 0.25) is 0 Å². The number of aliphatic hydroxyl groups is 3. The fraction of sp³-hybridized carbons (Fsp3) is 0.873. The van der Waals surface area contributed by atoms with Gasteiger partial charge < -0.3 is 34.3 Å². The van der Waals surface area contributed by atoms with Gasteiger partial charge in [0.25, 0.3) is 0 Å². The Balaban J connectivity index is 2.33. The third kappa shape index (κ3) is 39.0. The summed E-state index contributed by atoms with van der Waals surface area (Å²) in [4.78, 5) is 12.9. The number of carbonyl (C=O) groups excluding carboxylic acids is 1. The topological polar surface area (TPSA) is 178 Å². The van der Waals surface area contributed by atoms with Gasteiger partial charge in [0.15, 0.2) is 6.29 Å². The number of hydrogen-bond donors (Lipinski definition) is 4. The van der Waals surface area contributed by atoms with E-state index in [1.54, 1.807) is 0 Å². The quantitative estimate of drug-likeness (QED) is 0.0197. The fourth-order valence-electron chi connectivity index (χ4n) is 8.56. The second kappa shape index (κ2) is 46.4. The first kappa shape index (κ1) is 64.3. The van der Waals surface area contributed by atoms with Gasteiger partial charge in [0, 0.05) is 13.0 Å². The van der Waals surface area contributed by atoms with Gasteiger partial charge in [0.2, 0.25) is 0 Å². The molecule has 6 unspecified atom stereocenters. The fourth-order valence-corrected chi connectivity index (χ4v) is 9.07. The summed E-state index contributed by atoms with van der Waals surface area (Å²) in [6.45, 7) is 4.00. The van der Waals surface area contributed by atoms with Crippen LogP contribution in [0, 0.1) is 0 Å². The van der Waals surface area contributed by atoms with Crippen molar-refractivity contribution in [1.82, 2.24) is 0 Å². The second-order valence-corrected chi connectivity index (χ2v) is 20.2. The zero-order valence-electron chi connectivity index (χ0n) is 43.2. The predicted molar refractivity (Wildman–Crippen MR) is 276 cm³/mol. The van der Waals surface area contributed by atoms with E-state index in [9.17, 15) is 33.1 Å². The van der Waals surface area contributed by atoms with Gasteiger partial charge in [-0.1, -0.05) is 224 Å². The summed E-state index contributed by atoms with van der Waals surface area (Å²) in [5.41, 5.74) is 0. The maximum absolute atomic E-state index is 12.9. The largest absolute Gasteiger partial charge is 0.457 e. The zero-order valence-corrected chi connectivity index (χ0v) is 44.0. The van der Waals surface area contributed by atoms with Crippen molar-refractivity contribution in [3.8, 4) is 0 Å². The standard InChI is InChI=1S/C55H102O12S/c1-3-5-7-9-11-13-15-17-19-21-23-24-25-27-29-31-33-35-37-39-41-43-45-63-47-49(48-64-55-53(59)54(67-68(60,61)62)52(58)50(46-56)66-55)65-51(57)44-42-40-38-36-34-32-30-28-26-22-20-18-16-14-12-10-8-6-4-2/h15,17,21,23,25,27,49-50,52-56,58-59H,3-14,16,18-20,22,24,26,28-48H2,1-2H3,(H,60,61,62)/b17-15-,23-21-,27-25-. The maximum atomic E-state index is 12.9. The van der Waals surface area contributed by atoms with E-state index in [4.69, 9.17) is 18.9 Å². The SMILES string of the molecule is CCCCCCC/C=C\C/C=C\C/C=C\CCCCCCCCCOCC(COC1OC(CO)C(O)C(OS(=O)(=O)O)C1O)OC(=O)CCCCCCCCCCCCCCCCCCCCC. The number of carbonyl (C=O) groups is 1. The Bertz CT molecular complexity index is 1320. The van der Waals surface area contributed by atoms with Gasteiger partial charge in [0.05, 0.1) is 19.8 Å². The van der Waals surface area contributed by atoms with Crippen LogP contribution in [0.4, 0.5) is 0 Å². The van der Waals surface area contributed by atoms with E-state index in [2.05, 4.69) is 54.5 Å². The summed E-state index contributed by atoms with van der Waals surface area (Å²) in [5, 5.41) is 30.8. The predicted octanol–water partition coefficient (Wildman–Crippen LogP) is 13.3. The number of aliphatic hydroxyl groups excluding tert-OH is 3. The van der Waals surface area contributed by atoms with Crippen molar-refractivity contribution < 1.29 is 56.2 Å². The molecule has 13 heteroatoms. The van der Waals surface area contributed by atoms with Crippen molar-refractivity contribution in [2.45, 2.75) is 282 Å². The molecule has 68 heavy (non-hydrogen) atoms. The summed E-state index contributed by atoms with van der Waals surface area (Å²) in [6, 6.07) is 0. The van der Waals surface area contributed by atoms with Gasteiger partial charge in [0.1, 0.15) is 30.5 Å². The molecule has 0 spiro atoms. The average Bonchev–Trinajstić information content (AvgIpc) is 3.31. The van der Waals surface area contributed by atoms with Crippen molar-refractivity contribution in [3.05, 3.63) is 36.5 Å². The molecule has 1 fully saturated rings. The van der Waals surface area contributed by atoms with Gasteiger partial charge in [-0.15, -0.1) is 0 Å². The highest BCUT2D eigenvalue weighted by Crippen LogP contribution is 2.26. The highest BCUT2D eigenvalue weighted by molar-refractivity contribution is 7.80. The van der Waals surface area contributed by atoms with Crippen molar-refractivity contribution in [3.63, 3.8) is 0 Å². The van der Waals surface area contributed by atoms with Crippen LogP contribution >= 0.6 is 0 Å². The van der Waals surface area contributed by atoms with E-state index >= 15 is 0 Å². The zero-order chi connectivity index (χ0) is 49.6. The van der Waals surface area contributed by atoms with Gasteiger partial charge in [-0.05, 0) is 51.4 Å². The molecule has 12 nitrogen and oxygen atoms in total. The molecule has 1 saturated heterocycles. The van der Waals surface area contributed by atoms with Crippen molar-refractivity contribution in [2.75, 3.05) is 26.4 Å². The van der Waals surface area contributed by atoms with Gasteiger partial charge in [-0.2, -0.15) is 8.42 Å². The minimum Gasteiger partial charge on any atom is -0.457 e. The Kier molecular flexibility index (Phi) is 43.9. The van der Waals surface area contributed by atoms with Crippen LogP contribution in [0.25, 0.3) is 0 Å². The molecule has 400 valence electrons. The van der Waals surface area contributed by atoms with E-state index in [1.807, 2.05) is 0 Å². The molecule has 6 atom stereocenters.